The summed E-state index contributed by atoms with van der Waals surface area (Å²) in [6, 6.07) is 14.9. The van der Waals surface area contributed by atoms with Crippen LogP contribution in [0.2, 0.25) is 5.02 Å². The van der Waals surface area contributed by atoms with Gasteiger partial charge in [0.25, 0.3) is 5.91 Å². The minimum Gasteiger partial charge on any atom is -0.378 e. The quantitative estimate of drug-likeness (QED) is 0.607. The van der Waals surface area contributed by atoms with Gasteiger partial charge in [0.15, 0.2) is 11.5 Å². The Bertz CT molecular complexity index is 1110. The Kier molecular flexibility index (Phi) is 6.48. The Morgan fingerprint density at radius 2 is 1.55 bits per heavy atom. The number of ether oxygens (including phenoxy) is 2. The molecule has 0 bridgehead atoms. The van der Waals surface area contributed by atoms with Crippen molar-refractivity contribution in [3.8, 4) is 11.3 Å². The number of amides is 1. The summed E-state index contributed by atoms with van der Waals surface area (Å²) in [5, 5.41) is 7.62. The summed E-state index contributed by atoms with van der Waals surface area (Å²) in [5.74, 6) is 0.181. The Morgan fingerprint density at radius 1 is 0.879 bits per heavy atom. The Hall–Kier alpha value is -3.07. The Balaban J connectivity index is 1.38. The van der Waals surface area contributed by atoms with E-state index in [-0.39, 0.29) is 11.6 Å². The lowest BCUT2D eigenvalue weighted by Gasteiger charge is -2.33. The zero-order valence-corrected chi connectivity index (χ0v) is 18.9. The van der Waals surface area contributed by atoms with E-state index in [2.05, 4.69) is 26.3 Å². The number of nitrogens with zero attached hydrogens (tertiary/aromatic N) is 3. The third-order valence-corrected chi connectivity index (χ3v) is 6.08. The molecular formula is C24H25ClN4O4. The molecule has 33 heavy (non-hydrogen) atoms. The van der Waals surface area contributed by atoms with Gasteiger partial charge in [-0.15, -0.1) is 0 Å². The van der Waals surface area contributed by atoms with E-state index in [1.54, 1.807) is 18.2 Å². The third kappa shape index (κ3) is 4.98. The van der Waals surface area contributed by atoms with Crippen LogP contribution in [0.25, 0.3) is 11.3 Å². The highest BCUT2D eigenvalue weighted by molar-refractivity contribution is 6.30. The summed E-state index contributed by atoms with van der Waals surface area (Å²) >= 11 is 5.95. The molecule has 0 radical (unpaired) electrons. The summed E-state index contributed by atoms with van der Waals surface area (Å²) in [4.78, 5) is 17.6. The topological polar surface area (TPSA) is 80.1 Å². The number of rotatable bonds is 5. The van der Waals surface area contributed by atoms with Crippen molar-refractivity contribution in [3.63, 3.8) is 0 Å². The lowest BCUT2D eigenvalue weighted by atomic mass is 10.1. The molecule has 1 aromatic heterocycles. The van der Waals surface area contributed by atoms with Crippen LogP contribution in [0.4, 0.5) is 17.1 Å². The van der Waals surface area contributed by atoms with E-state index in [1.165, 1.54) is 0 Å². The number of hydrogen-bond acceptors (Lipinski definition) is 7. The number of nitrogens with one attached hydrogen (secondary N) is 1. The van der Waals surface area contributed by atoms with Gasteiger partial charge in [0, 0.05) is 48.5 Å². The molecule has 2 aliphatic heterocycles. The second kappa shape index (κ2) is 9.82. The summed E-state index contributed by atoms with van der Waals surface area (Å²) < 4.78 is 16.4. The van der Waals surface area contributed by atoms with Gasteiger partial charge in [-0.05, 0) is 42.5 Å². The Labute approximate surface area is 197 Å². The van der Waals surface area contributed by atoms with Crippen molar-refractivity contribution in [2.75, 3.05) is 67.7 Å². The van der Waals surface area contributed by atoms with Crippen LogP contribution >= 0.6 is 11.6 Å². The zero-order valence-electron chi connectivity index (χ0n) is 18.1. The minimum atomic E-state index is -0.326. The molecule has 2 aliphatic rings. The fourth-order valence-corrected chi connectivity index (χ4v) is 4.15. The molecule has 2 saturated heterocycles. The molecule has 0 aliphatic carbocycles. The van der Waals surface area contributed by atoms with Gasteiger partial charge in [0.05, 0.1) is 37.8 Å². The van der Waals surface area contributed by atoms with Crippen LogP contribution in [0.3, 0.4) is 0 Å². The number of anilines is 3. The van der Waals surface area contributed by atoms with Gasteiger partial charge in [-0.1, -0.05) is 16.8 Å². The van der Waals surface area contributed by atoms with Gasteiger partial charge in [-0.2, -0.15) is 0 Å². The number of carbonyl (C=O) groups excluding carboxylic acids is 1. The first-order valence-electron chi connectivity index (χ1n) is 11.0. The van der Waals surface area contributed by atoms with E-state index in [0.29, 0.717) is 37.2 Å². The molecule has 2 fully saturated rings. The summed E-state index contributed by atoms with van der Waals surface area (Å²) in [5.41, 5.74) is 3.83. The van der Waals surface area contributed by atoms with Gasteiger partial charge in [0.1, 0.15) is 0 Å². The first kappa shape index (κ1) is 21.8. The van der Waals surface area contributed by atoms with Crippen molar-refractivity contribution in [2.45, 2.75) is 0 Å². The number of benzene rings is 2. The molecule has 0 atom stereocenters. The average Bonchev–Trinajstić information content (AvgIpc) is 3.36. The van der Waals surface area contributed by atoms with Crippen LogP contribution in [0.5, 0.6) is 0 Å². The normalized spacial score (nSPS) is 16.6. The first-order chi connectivity index (χ1) is 16.2. The van der Waals surface area contributed by atoms with E-state index >= 15 is 0 Å². The lowest BCUT2D eigenvalue weighted by Crippen LogP contribution is -2.38. The monoisotopic (exact) mass is 468 g/mol. The second-order valence-corrected chi connectivity index (χ2v) is 8.37. The molecule has 9 heteroatoms. The molecule has 172 valence electrons. The average molecular weight is 469 g/mol. The fourth-order valence-electron chi connectivity index (χ4n) is 4.03. The molecule has 0 saturated carbocycles. The molecule has 5 rings (SSSR count). The predicted molar refractivity (Wildman–Crippen MR) is 127 cm³/mol. The highest BCUT2D eigenvalue weighted by atomic mass is 35.5. The molecule has 3 heterocycles. The van der Waals surface area contributed by atoms with Crippen molar-refractivity contribution in [3.05, 3.63) is 59.2 Å². The number of hydrogen-bond donors (Lipinski definition) is 1. The third-order valence-electron chi connectivity index (χ3n) is 5.83. The molecule has 1 amide bonds. The van der Waals surface area contributed by atoms with Crippen LogP contribution in [0.15, 0.2) is 53.1 Å². The summed E-state index contributed by atoms with van der Waals surface area (Å²) in [7, 11) is 0. The number of carbonyl (C=O) groups is 1. The van der Waals surface area contributed by atoms with Crippen LogP contribution in [0.1, 0.15) is 10.5 Å². The van der Waals surface area contributed by atoms with Crippen molar-refractivity contribution < 1.29 is 18.8 Å². The number of halogens is 1. The van der Waals surface area contributed by atoms with Crippen LogP contribution in [-0.2, 0) is 9.47 Å². The summed E-state index contributed by atoms with van der Waals surface area (Å²) in [6.07, 6.45) is 0. The van der Waals surface area contributed by atoms with E-state index in [1.807, 2.05) is 24.3 Å². The zero-order chi connectivity index (χ0) is 22.6. The van der Waals surface area contributed by atoms with E-state index in [4.69, 9.17) is 25.6 Å². The smallest absolute Gasteiger partial charge is 0.277 e. The maximum atomic E-state index is 13.0. The highest BCUT2D eigenvalue weighted by Gasteiger charge is 2.21. The largest absolute Gasteiger partial charge is 0.378 e. The molecule has 0 unspecified atom stereocenters. The van der Waals surface area contributed by atoms with Gasteiger partial charge in [-0.3, -0.25) is 4.79 Å². The van der Waals surface area contributed by atoms with E-state index < -0.39 is 0 Å². The molecular weight excluding hydrogens is 444 g/mol. The fraction of sp³-hybridized carbons (Fsp3) is 0.333. The van der Waals surface area contributed by atoms with Gasteiger partial charge in [-0.25, -0.2) is 0 Å². The number of morpholine rings is 2. The van der Waals surface area contributed by atoms with Crippen LogP contribution in [-0.4, -0.2) is 63.7 Å². The van der Waals surface area contributed by atoms with Gasteiger partial charge >= 0.3 is 0 Å². The van der Waals surface area contributed by atoms with Crippen molar-refractivity contribution in [1.82, 2.24) is 5.16 Å². The SMILES string of the molecule is O=C(Nc1ccc(N2CCOCC2)cc1N1CCOCC1)c1cc(-c2ccc(Cl)cc2)on1. The number of aromatic nitrogens is 1. The van der Waals surface area contributed by atoms with Crippen LogP contribution in [0, 0.1) is 0 Å². The molecule has 8 nitrogen and oxygen atoms in total. The lowest BCUT2D eigenvalue weighted by molar-refractivity contribution is 0.101. The first-order valence-corrected chi connectivity index (χ1v) is 11.4. The molecule has 3 aromatic rings. The summed E-state index contributed by atoms with van der Waals surface area (Å²) in [6.45, 7) is 5.97. The van der Waals surface area contributed by atoms with Gasteiger partial charge in [0.2, 0.25) is 0 Å². The maximum absolute atomic E-state index is 13.0. The Morgan fingerprint density at radius 3 is 2.24 bits per heavy atom. The van der Waals surface area contributed by atoms with Crippen LogP contribution < -0.4 is 15.1 Å². The molecule has 2 aromatic carbocycles. The van der Waals surface area contributed by atoms with Crippen molar-refractivity contribution >= 4 is 34.6 Å². The van der Waals surface area contributed by atoms with Gasteiger partial charge < -0.3 is 29.1 Å². The predicted octanol–water partition coefficient (Wildman–Crippen LogP) is 3.92. The minimum absolute atomic E-state index is 0.213. The molecule has 0 spiro atoms. The second-order valence-electron chi connectivity index (χ2n) is 7.94. The maximum Gasteiger partial charge on any atom is 0.277 e. The van der Waals surface area contributed by atoms with E-state index in [0.717, 1.165) is 48.8 Å². The van der Waals surface area contributed by atoms with E-state index in [9.17, 15) is 4.79 Å². The molecule has 1 N–H and O–H groups in total. The van der Waals surface area contributed by atoms with Crippen molar-refractivity contribution in [1.29, 1.82) is 0 Å². The standard InChI is InChI=1S/C24H25ClN4O4/c25-18-3-1-17(2-4-18)23-16-21(27-33-23)24(30)26-20-6-5-19(28-7-11-31-12-8-28)15-22(20)29-9-13-32-14-10-29/h1-6,15-16H,7-14H2,(H,26,30). The highest BCUT2D eigenvalue weighted by Crippen LogP contribution is 2.33. The van der Waals surface area contributed by atoms with Crippen molar-refractivity contribution in [2.24, 2.45) is 0 Å².